The number of carbonyl (C=O) groups excluding carboxylic acids is 2. The molecular formula is C23H28N2O5. The zero-order valence-electron chi connectivity index (χ0n) is 17.6. The van der Waals surface area contributed by atoms with E-state index in [9.17, 15) is 9.59 Å². The molecule has 0 spiro atoms. The first-order valence-electron chi connectivity index (χ1n) is 10.2. The van der Waals surface area contributed by atoms with E-state index in [0.29, 0.717) is 43.4 Å². The van der Waals surface area contributed by atoms with Gasteiger partial charge >= 0.3 is 12.0 Å². The van der Waals surface area contributed by atoms with Crippen LogP contribution in [0.25, 0.3) is 0 Å². The maximum Gasteiger partial charge on any atom is 0.322 e. The molecule has 0 radical (unpaired) electrons. The highest BCUT2D eigenvalue weighted by Crippen LogP contribution is 2.40. The maximum atomic E-state index is 13.0. The third-order valence-electron chi connectivity index (χ3n) is 5.04. The van der Waals surface area contributed by atoms with Crippen LogP contribution in [-0.4, -0.2) is 43.8 Å². The Kier molecular flexibility index (Phi) is 7.17. The van der Waals surface area contributed by atoms with E-state index >= 15 is 0 Å². The second-order valence-corrected chi connectivity index (χ2v) is 6.90. The molecule has 0 saturated heterocycles. The van der Waals surface area contributed by atoms with Crippen molar-refractivity contribution in [3.63, 3.8) is 0 Å². The first-order valence-corrected chi connectivity index (χ1v) is 10.2. The number of anilines is 1. The summed E-state index contributed by atoms with van der Waals surface area (Å²) in [4.78, 5) is 26.9. The third-order valence-corrected chi connectivity index (χ3v) is 5.04. The third kappa shape index (κ3) is 4.84. The summed E-state index contributed by atoms with van der Waals surface area (Å²) in [6.45, 7) is 5.31. The minimum absolute atomic E-state index is 0.0608. The van der Waals surface area contributed by atoms with Crippen LogP contribution in [0, 0.1) is 0 Å². The maximum absolute atomic E-state index is 13.0. The fraction of sp³-hybridized carbons (Fsp3) is 0.391. The summed E-state index contributed by atoms with van der Waals surface area (Å²) in [5.41, 5.74) is 2.62. The van der Waals surface area contributed by atoms with Crippen LogP contribution < -0.4 is 14.8 Å². The van der Waals surface area contributed by atoms with Gasteiger partial charge in [-0.05, 0) is 55.7 Å². The van der Waals surface area contributed by atoms with Gasteiger partial charge in [0.15, 0.2) is 11.5 Å². The molecule has 0 saturated carbocycles. The van der Waals surface area contributed by atoms with Gasteiger partial charge in [-0.15, -0.1) is 0 Å². The summed E-state index contributed by atoms with van der Waals surface area (Å²) in [5, 5.41) is 2.91. The Labute approximate surface area is 176 Å². The highest BCUT2D eigenvalue weighted by Gasteiger charge is 2.34. The van der Waals surface area contributed by atoms with Crippen LogP contribution in [0.3, 0.4) is 0 Å². The number of benzene rings is 2. The average molecular weight is 412 g/mol. The molecule has 1 N–H and O–H groups in total. The SMILES string of the molecule is CCOc1cc2c(cc1OCC)C(CC(=O)OC)N(C(=O)Nc1ccccc1)CC2. The Morgan fingerprint density at radius 2 is 1.73 bits per heavy atom. The molecule has 7 heteroatoms. The van der Waals surface area contributed by atoms with E-state index in [0.717, 1.165) is 11.1 Å². The Hall–Kier alpha value is -3.22. The minimum atomic E-state index is -0.459. The van der Waals surface area contributed by atoms with Crippen molar-refractivity contribution >= 4 is 17.7 Å². The molecule has 1 aliphatic rings. The molecule has 0 fully saturated rings. The van der Waals surface area contributed by atoms with E-state index < -0.39 is 6.04 Å². The van der Waals surface area contributed by atoms with Crippen LogP contribution in [-0.2, 0) is 16.0 Å². The molecular weight excluding hydrogens is 384 g/mol. The number of ether oxygens (including phenoxy) is 3. The topological polar surface area (TPSA) is 77.1 Å². The van der Waals surface area contributed by atoms with Crippen LogP contribution in [0.4, 0.5) is 10.5 Å². The van der Waals surface area contributed by atoms with Gasteiger partial charge in [0.1, 0.15) is 0 Å². The Bertz CT molecular complexity index is 885. The summed E-state index contributed by atoms with van der Waals surface area (Å²) in [6.07, 6.45) is 0.715. The molecule has 1 unspecified atom stereocenters. The van der Waals surface area contributed by atoms with Crippen LogP contribution in [0.1, 0.15) is 37.4 Å². The number of carbonyl (C=O) groups is 2. The van der Waals surface area contributed by atoms with Crippen molar-refractivity contribution in [2.75, 3.05) is 32.2 Å². The number of amides is 2. The molecule has 1 heterocycles. The lowest BCUT2D eigenvalue weighted by atomic mass is 9.90. The number of fused-ring (bicyclic) bond motifs is 1. The highest BCUT2D eigenvalue weighted by molar-refractivity contribution is 5.90. The summed E-state index contributed by atoms with van der Waals surface area (Å²) >= 11 is 0. The fourth-order valence-corrected chi connectivity index (χ4v) is 3.67. The van der Waals surface area contributed by atoms with Crippen molar-refractivity contribution in [3.8, 4) is 11.5 Å². The number of hydrogen-bond acceptors (Lipinski definition) is 5. The van der Waals surface area contributed by atoms with E-state index in [1.807, 2.05) is 56.3 Å². The van der Waals surface area contributed by atoms with Gasteiger partial charge in [-0.1, -0.05) is 18.2 Å². The molecule has 0 bridgehead atoms. The number of esters is 1. The van der Waals surface area contributed by atoms with E-state index in [-0.39, 0.29) is 18.4 Å². The lowest BCUT2D eigenvalue weighted by molar-refractivity contribution is -0.141. The van der Waals surface area contributed by atoms with Crippen LogP contribution in [0.2, 0.25) is 0 Å². The first-order chi connectivity index (χ1) is 14.6. The second-order valence-electron chi connectivity index (χ2n) is 6.90. The van der Waals surface area contributed by atoms with Crippen LogP contribution >= 0.6 is 0 Å². The van der Waals surface area contributed by atoms with E-state index in [1.165, 1.54) is 7.11 Å². The predicted octanol–water partition coefficient (Wildman–Crippen LogP) is 4.18. The van der Waals surface area contributed by atoms with E-state index in [1.54, 1.807) is 4.90 Å². The van der Waals surface area contributed by atoms with E-state index in [4.69, 9.17) is 14.2 Å². The molecule has 2 aromatic rings. The highest BCUT2D eigenvalue weighted by atomic mass is 16.5. The van der Waals surface area contributed by atoms with Gasteiger partial charge < -0.3 is 24.4 Å². The van der Waals surface area contributed by atoms with Crippen molar-refractivity contribution in [3.05, 3.63) is 53.6 Å². The number of para-hydroxylation sites is 1. The zero-order valence-corrected chi connectivity index (χ0v) is 17.6. The zero-order chi connectivity index (χ0) is 21.5. The predicted molar refractivity (Wildman–Crippen MR) is 114 cm³/mol. The number of nitrogens with zero attached hydrogens (tertiary/aromatic N) is 1. The minimum Gasteiger partial charge on any atom is -0.490 e. The lowest BCUT2D eigenvalue weighted by Gasteiger charge is -2.37. The number of rotatable bonds is 7. The fourth-order valence-electron chi connectivity index (χ4n) is 3.67. The van der Waals surface area contributed by atoms with Gasteiger partial charge in [0.2, 0.25) is 0 Å². The summed E-state index contributed by atoms with van der Waals surface area (Å²) < 4.78 is 16.4. The van der Waals surface area contributed by atoms with Crippen molar-refractivity contribution in [2.24, 2.45) is 0 Å². The smallest absolute Gasteiger partial charge is 0.322 e. The molecule has 0 aliphatic carbocycles. The number of hydrogen-bond donors (Lipinski definition) is 1. The molecule has 0 aromatic heterocycles. The Balaban J connectivity index is 1.96. The molecule has 3 rings (SSSR count). The van der Waals surface area contributed by atoms with Crippen molar-refractivity contribution in [2.45, 2.75) is 32.7 Å². The van der Waals surface area contributed by atoms with Gasteiger partial charge in [0.05, 0.1) is 32.8 Å². The molecule has 2 amide bonds. The molecule has 1 aliphatic heterocycles. The lowest BCUT2D eigenvalue weighted by Crippen LogP contribution is -2.43. The van der Waals surface area contributed by atoms with Crippen LogP contribution in [0.5, 0.6) is 11.5 Å². The number of methoxy groups -OCH3 is 1. The normalized spacial score (nSPS) is 15.2. The van der Waals surface area contributed by atoms with Crippen molar-refractivity contribution in [1.82, 2.24) is 4.90 Å². The summed E-state index contributed by atoms with van der Waals surface area (Å²) in [6, 6.07) is 12.4. The standard InChI is InChI=1S/C23H28N2O5/c1-4-29-20-13-16-11-12-25(23(27)24-17-9-7-6-8-10-17)19(15-22(26)28-3)18(16)14-21(20)30-5-2/h6-10,13-14,19H,4-5,11-12,15H2,1-3H3,(H,24,27). The molecule has 7 nitrogen and oxygen atoms in total. The van der Waals surface area contributed by atoms with Gasteiger partial charge in [-0.25, -0.2) is 4.79 Å². The number of nitrogens with one attached hydrogen (secondary N) is 1. The van der Waals surface area contributed by atoms with Gasteiger partial charge in [-0.2, -0.15) is 0 Å². The second kappa shape index (κ2) is 10.0. The average Bonchev–Trinajstić information content (AvgIpc) is 2.75. The Morgan fingerprint density at radius 3 is 2.37 bits per heavy atom. The largest absolute Gasteiger partial charge is 0.490 e. The van der Waals surface area contributed by atoms with Crippen molar-refractivity contribution in [1.29, 1.82) is 0 Å². The monoisotopic (exact) mass is 412 g/mol. The van der Waals surface area contributed by atoms with Gasteiger partial charge in [-0.3, -0.25) is 4.79 Å². The van der Waals surface area contributed by atoms with Crippen molar-refractivity contribution < 1.29 is 23.8 Å². The van der Waals surface area contributed by atoms with Gasteiger partial charge in [0, 0.05) is 12.2 Å². The van der Waals surface area contributed by atoms with Gasteiger partial charge in [0.25, 0.3) is 0 Å². The van der Waals surface area contributed by atoms with E-state index in [2.05, 4.69) is 5.32 Å². The molecule has 2 aromatic carbocycles. The first kappa shape index (κ1) is 21.5. The summed E-state index contributed by atoms with van der Waals surface area (Å²) in [7, 11) is 1.35. The molecule has 160 valence electrons. The Morgan fingerprint density at radius 1 is 1.07 bits per heavy atom. The number of urea groups is 1. The molecule has 30 heavy (non-hydrogen) atoms. The summed E-state index contributed by atoms with van der Waals surface area (Å²) in [5.74, 6) is 0.910. The quantitative estimate of drug-likeness (QED) is 0.691. The van der Waals surface area contributed by atoms with Crippen LogP contribution in [0.15, 0.2) is 42.5 Å². The molecule has 1 atom stereocenters.